The number of benzene rings is 3. The number of rotatable bonds is 3. The van der Waals surface area contributed by atoms with Crippen molar-refractivity contribution in [2.24, 2.45) is 10.7 Å². The summed E-state index contributed by atoms with van der Waals surface area (Å²) in [4.78, 5) is 6.68. The van der Waals surface area contributed by atoms with Gasteiger partial charge in [-0.1, -0.05) is 53.5 Å². The van der Waals surface area contributed by atoms with Crippen LogP contribution in [0.4, 0.5) is 11.4 Å². The first-order chi connectivity index (χ1) is 14.6. The minimum Gasteiger partial charge on any atom is -0.384 e. The molecule has 4 rings (SSSR count). The van der Waals surface area contributed by atoms with Crippen LogP contribution >= 0.6 is 23.2 Å². The van der Waals surface area contributed by atoms with Crippen LogP contribution in [0.15, 0.2) is 95.2 Å². The molecule has 1 aliphatic heterocycles. The second kappa shape index (κ2) is 8.62. The van der Waals surface area contributed by atoms with Crippen molar-refractivity contribution in [2.45, 2.75) is 12.3 Å². The van der Waals surface area contributed by atoms with Crippen LogP contribution in [-0.2, 0) is 0 Å². The van der Waals surface area contributed by atoms with Gasteiger partial charge in [0, 0.05) is 28.1 Å². The highest BCUT2D eigenvalue weighted by atomic mass is 35.5. The fraction of sp³-hybridized carbons (Fsp3) is 0.0833. The molecule has 30 heavy (non-hydrogen) atoms. The van der Waals surface area contributed by atoms with Gasteiger partial charge in [0.25, 0.3) is 0 Å². The van der Waals surface area contributed by atoms with Crippen molar-refractivity contribution in [2.75, 3.05) is 4.90 Å². The molecule has 0 radical (unpaired) electrons. The lowest BCUT2D eigenvalue weighted by Gasteiger charge is -2.35. The van der Waals surface area contributed by atoms with Crippen LogP contribution in [0, 0.1) is 11.3 Å². The SMILES string of the molecule is N#CC1=C(N)N(c2ccc(Cl)cc2)C(=Nc2ccc(Cl)cc2)CC1c1ccccc1. The number of nitriles is 1. The Morgan fingerprint density at radius 2 is 1.50 bits per heavy atom. The maximum atomic E-state index is 9.92. The molecule has 6 heteroatoms. The Morgan fingerprint density at radius 3 is 2.10 bits per heavy atom. The Bertz CT molecular complexity index is 1140. The number of nitrogens with two attached hydrogens (primary N) is 1. The first-order valence-electron chi connectivity index (χ1n) is 9.40. The Labute approximate surface area is 185 Å². The maximum Gasteiger partial charge on any atom is 0.123 e. The molecule has 0 saturated carbocycles. The number of halogens is 2. The van der Waals surface area contributed by atoms with Crippen molar-refractivity contribution < 1.29 is 0 Å². The summed E-state index contributed by atoms with van der Waals surface area (Å²) in [6.07, 6.45) is 0.527. The van der Waals surface area contributed by atoms with E-state index in [-0.39, 0.29) is 5.92 Å². The summed E-state index contributed by atoms with van der Waals surface area (Å²) in [7, 11) is 0. The molecule has 0 amide bonds. The van der Waals surface area contributed by atoms with Crippen LogP contribution < -0.4 is 10.6 Å². The topological polar surface area (TPSA) is 65.4 Å². The highest BCUT2D eigenvalue weighted by molar-refractivity contribution is 6.31. The third-order valence-electron chi connectivity index (χ3n) is 5.00. The van der Waals surface area contributed by atoms with Crippen LogP contribution in [0.3, 0.4) is 0 Å². The third kappa shape index (κ3) is 4.04. The predicted octanol–water partition coefficient (Wildman–Crippen LogP) is 6.41. The predicted molar refractivity (Wildman–Crippen MR) is 123 cm³/mol. The number of amidine groups is 1. The lowest BCUT2D eigenvalue weighted by molar-refractivity contribution is 0.795. The normalized spacial score (nSPS) is 17.8. The molecule has 1 aliphatic rings. The van der Waals surface area contributed by atoms with Gasteiger partial charge in [-0.3, -0.25) is 4.90 Å². The number of aliphatic imine (C=N–C) groups is 1. The number of nitrogens with zero attached hydrogens (tertiary/aromatic N) is 3. The molecule has 148 valence electrons. The first-order valence-corrected chi connectivity index (χ1v) is 10.2. The van der Waals surface area contributed by atoms with Crippen molar-refractivity contribution in [3.8, 4) is 6.07 Å². The first kappa shape index (κ1) is 20.0. The van der Waals surface area contributed by atoms with E-state index in [4.69, 9.17) is 33.9 Å². The monoisotopic (exact) mass is 432 g/mol. The van der Waals surface area contributed by atoms with E-state index in [0.717, 1.165) is 22.8 Å². The summed E-state index contributed by atoms with van der Waals surface area (Å²) in [6.45, 7) is 0. The highest BCUT2D eigenvalue weighted by Crippen LogP contribution is 2.38. The Hall–Kier alpha value is -3.26. The van der Waals surface area contributed by atoms with Crippen molar-refractivity contribution in [3.05, 3.63) is 106 Å². The molecular formula is C24H18Cl2N4. The Balaban J connectivity index is 1.88. The number of anilines is 1. The van der Waals surface area contributed by atoms with E-state index in [0.29, 0.717) is 27.9 Å². The Kier molecular flexibility index (Phi) is 5.76. The number of hydrogen-bond acceptors (Lipinski definition) is 3. The van der Waals surface area contributed by atoms with E-state index in [1.807, 2.05) is 59.5 Å². The highest BCUT2D eigenvalue weighted by Gasteiger charge is 2.33. The van der Waals surface area contributed by atoms with Gasteiger partial charge >= 0.3 is 0 Å². The minimum absolute atomic E-state index is 0.175. The molecule has 1 unspecified atom stereocenters. The lowest BCUT2D eigenvalue weighted by atomic mass is 9.85. The molecule has 0 spiro atoms. The van der Waals surface area contributed by atoms with Gasteiger partial charge in [-0.15, -0.1) is 0 Å². The molecule has 3 aromatic rings. The smallest absolute Gasteiger partial charge is 0.123 e. The van der Waals surface area contributed by atoms with Crippen molar-refractivity contribution in [1.29, 1.82) is 5.26 Å². The van der Waals surface area contributed by atoms with Gasteiger partial charge in [0.15, 0.2) is 0 Å². The lowest BCUT2D eigenvalue weighted by Crippen LogP contribution is -2.40. The summed E-state index contributed by atoms with van der Waals surface area (Å²) in [5.74, 6) is 0.934. The van der Waals surface area contributed by atoms with Crippen LogP contribution in [0.5, 0.6) is 0 Å². The van der Waals surface area contributed by atoms with E-state index < -0.39 is 0 Å². The molecule has 0 saturated heterocycles. The standard InChI is InChI=1S/C24H18Cl2N4/c25-17-6-10-19(11-7-17)29-23-14-21(16-4-2-1-3-5-16)22(15-27)24(28)30(23)20-12-8-18(26)9-13-20/h1-13,21H,14,28H2. The average molecular weight is 433 g/mol. The zero-order valence-corrected chi connectivity index (χ0v) is 17.5. The van der Waals surface area contributed by atoms with E-state index in [2.05, 4.69) is 6.07 Å². The van der Waals surface area contributed by atoms with Gasteiger partial charge in [-0.2, -0.15) is 5.26 Å². The quantitative estimate of drug-likeness (QED) is 0.519. The second-order valence-electron chi connectivity index (χ2n) is 6.89. The van der Waals surface area contributed by atoms with E-state index in [9.17, 15) is 5.26 Å². The minimum atomic E-state index is -0.175. The molecule has 0 aliphatic carbocycles. The molecule has 2 N–H and O–H groups in total. The van der Waals surface area contributed by atoms with Gasteiger partial charge in [-0.25, -0.2) is 4.99 Å². The number of hydrogen-bond donors (Lipinski definition) is 1. The summed E-state index contributed by atoms with van der Waals surface area (Å²) in [6, 6.07) is 26.8. The van der Waals surface area contributed by atoms with Crippen LogP contribution in [0.2, 0.25) is 10.0 Å². The van der Waals surface area contributed by atoms with Crippen molar-refractivity contribution >= 4 is 40.4 Å². The second-order valence-corrected chi connectivity index (χ2v) is 7.77. The zero-order chi connectivity index (χ0) is 21.1. The Morgan fingerprint density at radius 1 is 0.900 bits per heavy atom. The van der Waals surface area contributed by atoms with Crippen LogP contribution in [-0.4, -0.2) is 5.84 Å². The van der Waals surface area contributed by atoms with Crippen molar-refractivity contribution in [1.82, 2.24) is 0 Å². The van der Waals surface area contributed by atoms with Crippen molar-refractivity contribution in [3.63, 3.8) is 0 Å². The summed E-state index contributed by atoms with van der Waals surface area (Å²) in [5, 5.41) is 11.2. The van der Waals surface area contributed by atoms with E-state index in [1.165, 1.54) is 0 Å². The average Bonchev–Trinajstić information content (AvgIpc) is 2.77. The molecule has 1 heterocycles. The number of allylic oxidation sites excluding steroid dienone is 1. The molecule has 3 aromatic carbocycles. The van der Waals surface area contributed by atoms with Crippen LogP contribution in [0.1, 0.15) is 17.9 Å². The molecule has 0 bridgehead atoms. The van der Waals surface area contributed by atoms with Gasteiger partial charge in [0.2, 0.25) is 0 Å². The van der Waals surface area contributed by atoms with Crippen LogP contribution in [0.25, 0.3) is 0 Å². The van der Waals surface area contributed by atoms with Gasteiger partial charge < -0.3 is 5.73 Å². The summed E-state index contributed by atoms with van der Waals surface area (Å²) < 4.78 is 0. The molecule has 0 aromatic heterocycles. The van der Waals surface area contributed by atoms with Gasteiger partial charge in [0.1, 0.15) is 11.7 Å². The zero-order valence-electron chi connectivity index (χ0n) is 16.0. The fourth-order valence-corrected chi connectivity index (χ4v) is 3.81. The largest absolute Gasteiger partial charge is 0.384 e. The molecular weight excluding hydrogens is 415 g/mol. The molecule has 0 fully saturated rings. The van der Waals surface area contributed by atoms with Gasteiger partial charge in [-0.05, 0) is 54.1 Å². The van der Waals surface area contributed by atoms with Gasteiger partial charge in [0.05, 0.1) is 17.3 Å². The molecule has 1 atom stereocenters. The van der Waals surface area contributed by atoms with E-state index in [1.54, 1.807) is 24.3 Å². The maximum absolute atomic E-state index is 9.92. The third-order valence-corrected chi connectivity index (χ3v) is 5.51. The van der Waals surface area contributed by atoms with E-state index >= 15 is 0 Å². The summed E-state index contributed by atoms with van der Waals surface area (Å²) in [5.41, 5.74) is 9.65. The molecule has 4 nitrogen and oxygen atoms in total. The summed E-state index contributed by atoms with van der Waals surface area (Å²) >= 11 is 12.1. The fourth-order valence-electron chi connectivity index (χ4n) is 3.56.